The van der Waals surface area contributed by atoms with Crippen molar-refractivity contribution in [3.8, 4) is 0 Å². The Morgan fingerprint density at radius 2 is 1.94 bits per heavy atom. The Bertz CT molecular complexity index is 963. The summed E-state index contributed by atoms with van der Waals surface area (Å²) in [5, 5.41) is 17.7. The average Bonchev–Trinajstić information content (AvgIpc) is 3.10. The van der Waals surface area contributed by atoms with Gasteiger partial charge in [0.1, 0.15) is 18.9 Å². The Kier molecular flexibility index (Phi) is 10.2. The van der Waals surface area contributed by atoms with Crippen molar-refractivity contribution in [3.05, 3.63) is 51.1 Å². The van der Waals surface area contributed by atoms with E-state index < -0.39 is 6.67 Å². The summed E-state index contributed by atoms with van der Waals surface area (Å²) in [4.78, 5) is 16.7. The summed E-state index contributed by atoms with van der Waals surface area (Å²) in [5.41, 5.74) is 2.55. The molecule has 0 unspecified atom stereocenters. The predicted molar refractivity (Wildman–Crippen MR) is 127 cm³/mol. The van der Waals surface area contributed by atoms with Gasteiger partial charge in [-0.1, -0.05) is 35.3 Å². The first-order chi connectivity index (χ1) is 15.8. The van der Waals surface area contributed by atoms with Gasteiger partial charge >= 0.3 is 0 Å². The molecule has 0 atom stereocenters. The number of methoxy groups -OCH3 is 1. The molecule has 0 saturated carbocycles. The Hall–Kier alpha value is -2.52. The lowest BCUT2D eigenvalue weighted by atomic mass is 10.1. The van der Waals surface area contributed by atoms with Gasteiger partial charge in [-0.25, -0.2) is 4.39 Å². The summed E-state index contributed by atoms with van der Waals surface area (Å²) in [6, 6.07) is 0. The highest BCUT2D eigenvalue weighted by Gasteiger charge is 2.25. The number of rotatable bonds is 9. The molecule has 8 nitrogen and oxygen atoms in total. The van der Waals surface area contributed by atoms with Crippen molar-refractivity contribution in [2.24, 2.45) is 5.16 Å². The van der Waals surface area contributed by atoms with E-state index in [1.54, 1.807) is 38.0 Å². The molecule has 33 heavy (non-hydrogen) atoms. The molecule has 0 spiro atoms. The molecule has 1 amide bonds. The summed E-state index contributed by atoms with van der Waals surface area (Å²) < 4.78 is 19.6. The van der Waals surface area contributed by atoms with Crippen LogP contribution in [0.4, 0.5) is 4.39 Å². The second-order valence-corrected chi connectivity index (χ2v) is 8.34. The molecule has 182 valence electrons. The van der Waals surface area contributed by atoms with E-state index in [-0.39, 0.29) is 23.2 Å². The third kappa shape index (κ3) is 6.74. The Morgan fingerprint density at radius 1 is 1.30 bits per heavy atom. The van der Waals surface area contributed by atoms with Crippen molar-refractivity contribution in [3.63, 3.8) is 0 Å². The number of oxime groups is 1. The normalized spacial score (nSPS) is 16.5. The molecule has 11 heteroatoms. The van der Waals surface area contributed by atoms with Gasteiger partial charge in [0, 0.05) is 42.5 Å². The highest BCUT2D eigenvalue weighted by molar-refractivity contribution is 6.31. The zero-order valence-corrected chi connectivity index (χ0v) is 20.8. The van der Waals surface area contributed by atoms with E-state index in [4.69, 9.17) is 27.9 Å². The molecular formula is C22H30Cl2FN5O3. The van der Waals surface area contributed by atoms with Crippen molar-refractivity contribution in [1.82, 2.24) is 19.6 Å². The number of hydrogen-bond donors (Lipinski definition) is 1. The summed E-state index contributed by atoms with van der Waals surface area (Å²) in [6.07, 6.45) is 5.73. The maximum Gasteiger partial charge on any atom is 0.244 e. The highest BCUT2D eigenvalue weighted by atomic mass is 35.5. The first-order valence-electron chi connectivity index (χ1n) is 10.6. The minimum Gasteiger partial charge on any atom is -0.504 e. The van der Waals surface area contributed by atoms with E-state index in [1.165, 1.54) is 10.9 Å². The number of piperazine rings is 1. The summed E-state index contributed by atoms with van der Waals surface area (Å²) in [6.45, 7) is 6.58. The van der Waals surface area contributed by atoms with E-state index in [9.17, 15) is 14.4 Å². The number of aromatic nitrogens is 2. The van der Waals surface area contributed by atoms with Gasteiger partial charge in [-0.3, -0.25) is 9.48 Å². The zero-order chi connectivity index (χ0) is 24.5. The van der Waals surface area contributed by atoms with Gasteiger partial charge in [-0.2, -0.15) is 5.10 Å². The monoisotopic (exact) mass is 501 g/mol. The fourth-order valence-corrected chi connectivity index (χ4v) is 3.72. The van der Waals surface area contributed by atoms with Crippen LogP contribution in [0.1, 0.15) is 31.7 Å². The van der Waals surface area contributed by atoms with E-state index in [0.717, 1.165) is 5.70 Å². The van der Waals surface area contributed by atoms with Gasteiger partial charge in [0.25, 0.3) is 0 Å². The zero-order valence-electron chi connectivity index (χ0n) is 19.3. The minimum atomic E-state index is -0.779. The second kappa shape index (κ2) is 12.6. The maximum absolute atomic E-state index is 13.0. The minimum absolute atomic E-state index is 0.00575. The molecule has 0 aliphatic carbocycles. The van der Waals surface area contributed by atoms with Crippen molar-refractivity contribution < 1.29 is 19.1 Å². The van der Waals surface area contributed by atoms with Gasteiger partial charge in [0.15, 0.2) is 0 Å². The van der Waals surface area contributed by atoms with Crippen molar-refractivity contribution in [2.75, 3.05) is 33.3 Å². The molecule has 1 saturated heterocycles. The van der Waals surface area contributed by atoms with Crippen LogP contribution in [0.2, 0.25) is 5.02 Å². The van der Waals surface area contributed by atoms with Gasteiger partial charge in [0.2, 0.25) is 5.91 Å². The molecule has 1 aromatic heterocycles. The fourth-order valence-electron chi connectivity index (χ4n) is 3.43. The van der Waals surface area contributed by atoms with Gasteiger partial charge < -0.3 is 19.7 Å². The smallest absolute Gasteiger partial charge is 0.244 e. The average molecular weight is 502 g/mol. The lowest BCUT2D eigenvalue weighted by Crippen LogP contribution is -2.49. The number of halogens is 3. The Balaban J connectivity index is 2.21. The molecule has 1 N–H and O–H groups in total. The molecule has 1 aromatic rings. The first-order valence-corrected chi connectivity index (χ1v) is 11.3. The van der Waals surface area contributed by atoms with Crippen LogP contribution in [0.25, 0.3) is 0 Å². The maximum atomic E-state index is 13.0. The number of carbonyl (C=O) groups excluding carboxylic acids is 1. The lowest BCUT2D eigenvalue weighted by Gasteiger charge is -2.37. The Labute approximate surface area is 203 Å². The van der Waals surface area contributed by atoms with Crippen LogP contribution in [0.5, 0.6) is 0 Å². The number of carbonyl (C=O) groups is 1. The molecule has 2 rings (SSSR count). The quantitative estimate of drug-likeness (QED) is 0.180. The SMILES string of the molecule is CC\C(Cl)=C/C(=C(\C=C\OC)N1CCN(C(=O)Cn2nc(CF)c(Cl)c2C)CC1)C(/C)=N/O. The predicted octanol–water partition coefficient (Wildman–Crippen LogP) is 4.26. The molecule has 0 aromatic carbocycles. The summed E-state index contributed by atoms with van der Waals surface area (Å²) in [7, 11) is 1.55. The van der Waals surface area contributed by atoms with Gasteiger partial charge in [-0.05, 0) is 32.4 Å². The molecular weight excluding hydrogens is 472 g/mol. The van der Waals surface area contributed by atoms with Crippen molar-refractivity contribution >= 4 is 34.8 Å². The summed E-state index contributed by atoms with van der Waals surface area (Å²) in [5.74, 6) is -0.123. The van der Waals surface area contributed by atoms with E-state index >= 15 is 0 Å². The van der Waals surface area contributed by atoms with E-state index in [2.05, 4.69) is 15.2 Å². The number of amides is 1. The standard InChI is InChI=1S/C22H30Cl2FN5O3/c1-5-17(23)12-18(15(2)27-32)20(6-11-33-4)28-7-9-29(10-8-28)21(31)14-30-16(3)22(24)19(13-25)26-30/h6,11-12,32H,5,7-10,13-14H2,1-4H3/b11-6+,17-12+,20-18-,27-15+. The third-order valence-electron chi connectivity index (χ3n) is 5.40. The number of nitrogens with zero attached hydrogens (tertiary/aromatic N) is 5. The van der Waals surface area contributed by atoms with Crippen LogP contribution in [0.15, 0.2) is 39.9 Å². The van der Waals surface area contributed by atoms with E-state index in [1.807, 2.05) is 6.92 Å². The summed E-state index contributed by atoms with van der Waals surface area (Å²) >= 11 is 12.4. The highest BCUT2D eigenvalue weighted by Crippen LogP contribution is 2.23. The number of allylic oxidation sites excluding steroid dienone is 4. The van der Waals surface area contributed by atoms with Gasteiger partial charge in [-0.15, -0.1) is 0 Å². The topological polar surface area (TPSA) is 83.2 Å². The Morgan fingerprint density at radius 3 is 2.45 bits per heavy atom. The van der Waals surface area contributed by atoms with Crippen LogP contribution in [0.3, 0.4) is 0 Å². The second-order valence-electron chi connectivity index (χ2n) is 7.47. The van der Waals surface area contributed by atoms with Crippen LogP contribution < -0.4 is 0 Å². The van der Waals surface area contributed by atoms with Crippen LogP contribution in [-0.4, -0.2) is 69.7 Å². The van der Waals surface area contributed by atoms with Crippen molar-refractivity contribution in [2.45, 2.75) is 40.4 Å². The molecule has 0 bridgehead atoms. The fraction of sp³-hybridized carbons (Fsp3) is 0.500. The molecule has 1 aliphatic rings. The van der Waals surface area contributed by atoms with Crippen LogP contribution in [-0.2, 0) is 22.8 Å². The van der Waals surface area contributed by atoms with Crippen molar-refractivity contribution in [1.29, 1.82) is 0 Å². The molecule has 1 aliphatic heterocycles. The molecule has 0 radical (unpaired) electrons. The lowest BCUT2D eigenvalue weighted by molar-refractivity contribution is -0.133. The van der Waals surface area contributed by atoms with Gasteiger partial charge in [0.05, 0.1) is 29.8 Å². The van der Waals surface area contributed by atoms with Crippen LogP contribution >= 0.6 is 23.2 Å². The molecule has 1 fully saturated rings. The number of alkyl halides is 1. The van der Waals surface area contributed by atoms with E-state index in [0.29, 0.717) is 54.6 Å². The van der Waals surface area contributed by atoms with Crippen LogP contribution in [0, 0.1) is 6.92 Å². The number of hydrogen-bond acceptors (Lipinski definition) is 6. The molecule has 2 heterocycles. The number of ether oxygens (including phenoxy) is 1. The third-order valence-corrected chi connectivity index (χ3v) is 6.27. The first kappa shape index (κ1) is 26.7. The largest absolute Gasteiger partial charge is 0.504 e.